The third-order valence-electron chi connectivity index (χ3n) is 3.59. The Morgan fingerprint density at radius 3 is 2.64 bits per heavy atom. The van der Waals surface area contributed by atoms with E-state index in [0.29, 0.717) is 12.2 Å². The van der Waals surface area contributed by atoms with Crippen LogP contribution < -0.4 is 9.46 Å². The number of carboxylic acids is 1. The van der Waals surface area contributed by atoms with Crippen LogP contribution in [0, 0.1) is 18.8 Å². The number of nitrogens with one attached hydrogen (secondary N) is 1. The zero-order valence-corrected chi connectivity index (χ0v) is 13.7. The van der Waals surface area contributed by atoms with Crippen LogP contribution in [0.15, 0.2) is 23.1 Å². The number of hydrogen-bond acceptors (Lipinski definition) is 4. The van der Waals surface area contributed by atoms with E-state index in [1.807, 2.05) is 13.8 Å². The van der Waals surface area contributed by atoms with Crippen molar-refractivity contribution in [3.05, 3.63) is 23.8 Å². The molecule has 1 saturated carbocycles. The summed E-state index contributed by atoms with van der Waals surface area (Å²) in [6.45, 7) is 5.75. The molecule has 0 spiro atoms. The molecule has 0 bridgehead atoms. The Kier molecular flexibility index (Phi) is 4.77. The van der Waals surface area contributed by atoms with E-state index in [9.17, 15) is 13.2 Å². The first-order valence-electron chi connectivity index (χ1n) is 7.20. The number of aryl methyl sites for hydroxylation is 1. The summed E-state index contributed by atoms with van der Waals surface area (Å²) >= 11 is 0. The molecule has 2 rings (SSSR count). The van der Waals surface area contributed by atoms with Crippen molar-refractivity contribution in [3.63, 3.8) is 0 Å². The van der Waals surface area contributed by atoms with Gasteiger partial charge < -0.3 is 9.84 Å². The van der Waals surface area contributed by atoms with Gasteiger partial charge in [0.15, 0.2) is 0 Å². The fraction of sp³-hybridized carbons (Fsp3) is 0.533. The van der Waals surface area contributed by atoms with E-state index in [1.165, 1.54) is 6.07 Å². The van der Waals surface area contributed by atoms with Gasteiger partial charge in [-0.2, -0.15) is 0 Å². The first kappa shape index (κ1) is 16.8. The highest BCUT2D eigenvalue weighted by Crippen LogP contribution is 2.38. The molecular weight excluding hydrogens is 306 g/mol. The maximum absolute atomic E-state index is 12.2. The van der Waals surface area contributed by atoms with Crippen LogP contribution in [0.4, 0.5) is 0 Å². The molecule has 1 fully saturated rings. The molecule has 22 heavy (non-hydrogen) atoms. The first-order chi connectivity index (χ1) is 10.2. The summed E-state index contributed by atoms with van der Waals surface area (Å²) in [6, 6.07) is 4.69. The lowest BCUT2D eigenvalue weighted by atomic mass is 10.2. The minimum absolute atomic E-state index is 0.0158. The summed E-state index contributed by atoms with van der Waals surface area (Å²) in [6.07, 6.45) is 0.542. The van der Waals surface area contributed by atoms with Gasteiger partial charge in [-0.1, -0.05) is 0 Å². The van der Waals surface area contributed by atoms with Gasteiger partial charge in [-0.15, -0.1) is 0 Å². The van der Waals surface area contributed by atoms with Crippen LogP contribution in [0.2, 0.25) is 0 Å². The smallest absolute Gasteiger partial charge is 0.306 e. The summed E-state index contributed by atoms with van der Waals surface area (Å²) in [5.41, 5.74) is 0.742. The number of carboxylic acid groups (broad SMARTS) is 1. The molecule has 0 amide bonds. The van der Waals surface area contributed by atoms with Crippen molar-refractivity contribution in [1.82, 2.24) is 4.72 Å². The molecule has 0 aliphatic heterocycles. The van der Waals surface area contributed by atoms with E-state index < -0.39 is 21.9 Å². The van der Waals surface area contributed by atoms with Gasteiger partial charge in [-0.05, 0) is 56.9 Å². The molecule has 1 aromatic carbocycles. The second-order valence-electron chi connectivity index (χ2n) is 5.89. The van der Waals surface area contributed by atoms with Gasteiger partial charge >= 0.3 is 5.97 Å². The average Bonchev–Trinajstić information content (AvgIpc) is 3.18. The molecule has 1 aliphatic rings. The molecule has 0 unspecified atom stereocenters. The Bertz CT molecular complexity index is 669. The monoisotopic (exact) mass is 327 g/mol. The molecule has 1 aromatic rings. The molecule has 2 N–H and O–H groups in total. The van der Waals surface area contributed by atoms with Gasteiger partial charge in [0.1, 0.15) is 5.75 Å². The minimum Gasteiger partial charge on any atom is -0.491 e. The molecule has 0 aromatic heterocycles. The molecule has 2 atom stereocenters. The number of aliphatic carboxylic acids is 1. The standard InChI is InChI=1S/C15H21NO5S/c1-9(2)21-14-5-4-12(6-10(14)3)22(19,20)16-8-11-7-13(11)15(17)18/h4-6,9,11,13,16H,7-8H2,1-3H3,(H,17,18)/t11-,13-/m0/s1. The number of sulfonamides is 1. The number of carbonyl (C=O) groups is 1. The summed E-state index contributed by atoms with van der Waals surface area (Å²) in [5.74, 6) is -0.750. The van der Waals surface area contributed by atoms with E-state index in [2.05, 4.69) is 4.72 Å². The largest absolute Gasteiger partial charge is 0.491 e. The molecule has 0 radical (unpaired) electrons. The SMILES string of the molecule is Cc1cc(S(=O)(=O)NC[C@@H]2C[C@@H]2C(=O)O)ccc1OC(C)C. The van der Waals surface area contributed by atoms with Crippen molar-refractivity contribution in [2.75, 3.05) is 6.54 Å². The summed E-state index contributed by atoms with van der Waals surface area (Å²) in [4.78, 5) is 10.9. The van der Waals surface area contributed by atoms with Crippen LogP contribution in [-0.4, -0.2) is 32.1 Å². The molecule has 1 aliphatic carbocycles. The van der Waals surface area contributed by atoms with Gasteiger partial charge in [-0.3, -0.25) is 4.79 Å². The fourth-order valence-corrected chi connectivity index (χ4v) is 3.43. The van der Waals surface area contributed by atoms with Crippen molar-refractivity contribution in [3.8, 4) is 5.75 Å². The van der Waals surface area contributed by atoms with Gasteiger partial charge in [0.2, 0.25) is 10.0 Å². The number of ether oxygens (including phenoxy) is 1. The van der Waals surface area contributed by atoms with Crippen LogP contribution in [-0.2, 0) is 14.8 Å². The van der Waals surface area contributed by atoms with Gasteiger partial charge in [0.05, 0.1) is 16.9 Å². The van der Waals surface area contributed by atoms with E-state index in [0.717, 1.165) is 5.56 Å². The molecule has 7 heteroatoms. The lowest BCUT2D eigenvalue weighted by Gasteiger charge is -2.13. The second-order valence-corrected chi connectivity index (χ2v) is 7.65. The van der Waals surface area contributed by atoms with E-state index >= 15 is 0 Å². The highest BCUT2D eigenvalue weighted by Gasteiger charge is 2.43. The number of benzene rings is 1. The number of hydrogen-bond donors (Lipinski definition) is 2. The molecule has 0 saturated heterocycles. The average molecular weight is 327 g/mol. The third kappa shape index (κ3) is 3.98. The quantitative estimate of drug-likeness (QED) is 0.796. The van der Waals surface area contributed by atoms with Crippen molar-refractivity contribution < 1.29 is 23.1 Å². The van der Waals surface area contributed by atoms with E-state index in [4.69, 9.17) is 9.84 Å². The lowest BCUT2D eigenvalue weighted by molar-refractivity contribution is -0.138. The van der Waals surface area contributed by atoms with E-state index in [1.54, 1.807) is 19.1 Å². The van der Waals surface area contributed by atoms with Crippen molar-refractivity contribution in [2.24, 2.45) is 11.8 Å². The van der Waals surface area contributed by atoms with Crippen LogP contribution in [0.3, 0.4) is 0 Å². The Balaban J connectivity index is 2.03. The predicted octanol–water partition coefficient (Wildman–Crippen LogP) is 1.78. The van der Waals surface area contributed by atoms with Crippen molar-refractivity contribution in [1.29, 1.82) is 0 Å². The van der Waals surface area contributed by atoms with Crippen LogP contribution in [0.25, 0.3) is 0 Å². The van der Waals surface area contributed by atoms with Crippen LogP contribution in [0.1, 0.15) is 25.8 Å². The fourth-order valence-electron chi connectivity index (χ4n) is 2.25. The highest BCUT2D eigenvalue weighted by atomic mass is 32.2. The molecular formula is C15H21NO5S. The third-order valence-corrected chi connectivity index (χ3v) is 5.02. The van der Waals surface area contributed by atoms with Gasteiger partial charge in [0, 0.05) is 6.54 Å². The van der Waals surface area contributed by atoms with Crippen molar-refractivity contribution in [2.45, 2.75) is 38.2 Å². The van der Waals surface area contributed by atoms with Gasteiger partial charge in [0.25, 0.3) is 0 Å². The topological polar surface area (TPSA) is 92.7 Å². The lowest BCUT2D eigenvalue weighted by Crippen LogP contribution is -2.26. The first-order valence-corrected chi connectivity index (χ1v) is 8.69. The molecule has 122 valence electrons. The predicted molar refractivity (Wildman–Crippen MR) is 81.4 cm³/mol. The van der Waals surface area contributed by atoms with E-state index in [-0.39, 0.29) is 23.5 Å². The zero-order chi connectivity index (χ0) is 16.5. The van der Waals surface area contributed by atoms with Crippen molar-refractivity contribution >= 4 is 16.0 Å². The molecule has 0 heterocycles. The Morgan fingerprint density at radius 1 is 1.45 bits per heavy atom. The normalized spacial score (nSPS) is 20.9. The Hall–Kier alpha value is -1.60. The van der Waals surface area contributed by atoms with Gasteiger partial charge in [-0.25, -0.2) is 13.1 Å². The summed E-state index contributed by atoms with van der Waals surface area (Å²) in [7, 11) is -3.63. The number of rotatable bonds is 7. The maximum atomic E-state index is 12.2. The van der Waals surface area contributed by atoms with Crippen LogP contribution in [0.5, 0.6) is 5.75 Å². The zero-order valence-electron chi connectivity index (χ0n) is 12.9. The summed E-state index contributed by atoms with van der Waals surface area (Å²) in [5, 5.41) is 8.82. The minimum atomic E-state index is -3.63. The van der Waals surface area contributed by atoms with Crippen LogP contribution >= 0.6 is 0 Å². The Labute approximate surface area is 130 Å². The Morgan fingerprint density at radius 2 is 2.14 bits per heavy atom. The second kappa shape index (κ2) is 6.26. The molecule has 6 nitrogen and oxygen atoms in total. The maximum Gasteiger partial charge on any atom is 0.306 e. The summed E-state index contributed by atoms with van der Waals surface area (Å²) < 4.78 is 32.5. The highest BCUT2D eigenvalue weighted by molar-refractivity contribution is 7.89.